The zero-order chi connectivity index (χ0) is 21.3. The molecule has 30 heavy (non-hydrogen) atoms. The third-order valence-corrected chi connectivity index (χ3v) is 4.70. The molecule has 1 amide bonds. The van der Waals surface area contributed by atoms with Gasteiger partial charge in [0, 0.05) is 11.6 Å². The molecule has 4 rings (SSSR count). The fraction of sp³-hybridized carbons (Fsp3) is 0.0435. The van der Waals surface area contributed by atoms with Crippen LogP contribution in [0.25, 0.3) is 6.08 Å². The number of nitro benzene ring substituents is 1. The standard InChI is InChI=1S/C23H17N3O4/c1-15-6-8-16(9-7-15)22-24-20(14-17-4-2-3-5-21(17)26(29)30)23(28)25(22)18-10-12-19(27)13-11-18/h2-14,27H,1H3/b20-14+. The van der Waals surface area contributed by atoms with Crippen LogP contribution in [-0.4, -0.2) is 21.8 Å². The van der Waals surface area contributed by atoms with Gasteiger partial charge >= 0.3 is 0 Å². The van der Waals surface area contributed by atoms with Crippen molar-refractivity contribution in [1.82, 2.24) is 0 Å². The van der Waals surface area contributed by atoms with E-state index in [1.807, 2.05) is 31.2 Å². The molecular weight excluding hydrogens is 382 g/mol. The quantitative estimate of drug-likeness (QED) is 0.398. The lowest BCUT2D eigenvalue weighted by molar-refractivity contribution is -0.385. The molecule has 0 saturated carbocycles. The first-order chi connectivity index (χ1) is 14.4. The van der Waals surface area contributed by atoms with Gasteiger partial charge in [-0.15, -0.1) is 0 Å². The number of carbonyl (C=O) groups excluding carboxylic acids is 1. The molecule has 0 atom stereocenters. The van der Waals surface area contributed by atoms with Crippen LogP contribution in [0, 0.1) is 17.0 Å². The maximum absolute atomic E-state index is 13.2. The minimum atomic E-state index is -0.492. The summed E-state index contributed by atoms with van der Waals surface area (Å²) in [6, 6.07) is 20.0. The molecule has 0 bridgehead atoms. The molecule has 0 aromatic heterocycles. The Hall–Kier alpha value is -4.26. The number of phenols is 1. The van der Waals surface area contributed by atoms with Crippen molar-refractivity contribution in [2.45, 2.75) is 6.92 Å². The van der Waals surface area contributed by atoms with E-state index in [9.17, 15) is 20.0 Å². The lowest BCUT2D eigenvalue weighted by atomic mass is 10.1. The Labute approximate surface area is 172 Å². The van der Waals surface area contributed by atoms with Crippen molar-refractivity contribution in [3.8, 4) is 5.75 Å². The maximum atomic E-state index is 13.2. The van der Waals surface area contributed by atoms with Crippen molar-refractivity contribution < 1.29 is 14.8 Å². The van der Waals surface area contributed by atoms with Crippen LogP contribution in [0.5, 0.6) is 5.75 Å². The fourth-order valence-corrected chi connectivity index (χ4v) is 3.18. The van der Waals surface area contributed by atoms with Crippen LogP contribution in [0.15, 0.2) is 83.5 Å². The summed E-state index contributed by atoms with van der Waals surface area (Å²) in [4.78, 5) is 30.0. The van der Waals surface area contributed by atoms with Crippen molar-refractivity contribution in [3.63, 3.8) is 0 Å². The molecule has 0 aliphatic carbocycles. The topological polar surface area (TPSA) is 96.0 Å². The molecule has 3 aromatic rings. The normalized spacial score (nSPS) is 14.8. The molecule has 1 aliphatic heterocycles. The van der Waals surface area contributed by atoms with E-state index in [1.165, 1.54) is 29.2 Å². The Balaban J connectivity index is 1.85. The molecule has 7 heteroatoms. The van der Waals surface area contributed by atoms with Gasteiger partial charge in [-0.1, -0.05) is 42.0 Å². The number of rotatable bonds is 4. The van der Waals surface area contributed by atoms with Crippen molar-refractivity contribution >= 4 is 29.2 Å². The smallest absolute Gasteiger partial charge is 0.282 e. The second kappa shape index (κ2) is 7.63. The predicted molar refractivity (Wildman–Crippen MR) is 114 cm³/mol. The number of carbonyl (C=O) groups is 1. The third-order valence-electron chi connectivity index (χ3n) is 4.70. The highest BCUT2D eigenvalue weighted by Crippen LogP contribution is 2.30. The first kappa shape index (κ1) is 19.1. The number of phenolic OH excluding ortho intramolecular Hbond substituents is 1. The number of aryl methyl sites for hydroxylation is 1. The number of amides is 1. The second-order valence-corrected chi connectivity index (χ2v) is 6.80. The molecule has 3 aromatic carbocycles. The minimum Gasteiger partial charge on any atom is -0.508 e. The summed E-state index contributed by atoms with van der Waals surface area (Å²) in [7, 11) is 0. The van der Waals surface area contributed by atoms with Crippen LogP contribution >= 0.6 is 0 Å². The summed E-state index contributed by atoms with van der Waals surface area (Å²) in [6.45, 7) is 1.96. The van der Waals surface area contributed by atoms with Gasteiger partial charge in [-0.3, -0.25) is 19.8 Å². The van der Waals surface area contributed by atoms with E-state index in [0.29, 0.717) is 17.1 Å². The highest BCUT2D eigenvalue weighted by atomic mass is 16.6. The number of aromatic hydroxyl groups is 1. The van der Waals surface area contributed by atoms with E-state index < -0.39 is 10.8 Å². The predicted octanol–water partition coefficient (Wildman–Crippen LogP) is 4.44. The lowest BCUT2D eigenvalue weighted by Gasteiger charge is -2.18. The summed E-state index contributed by atoms with van der Waals surface area (Å²) in [6.07, 6.45) is 1.43. The van der Waals surface area contributed by atoms with Gasteiger partial charge < -0.3 is 5.11 Å². The SMILES string of the molecule is Cc1ccc(C2=N/C(=C/c3ccccc3[N+](=O)[O-])C(=O)N2c2ccc(O)cc2)cc1. The monoisotopic (exact) mass is 399 g/mol. The summed E-state index contributed by atoms with van der Waals surface area (Å²) >= 11 is 0. The van der Waals surface area contributed by atoms with Crippen molar-refractivity contribution in [2.75, 3.05) is 4.90 Å². The molecule has 0 unspecified atom stereocenters. The van der Waals surface area contributed by atoms with Crippen molar-refractivity contribution in [1.29, 1.82) is 0 Å². The van der Waals surface area contributed by atoms with Crippen LogP contribution in [0.4, 0.5) is 11.4 Å². The van der Waals surface area contributed by atoms with Gasteiger partial charge in [-0.25, -0.2) is 4.99 Å². The van der Waals surface area contributed by atoms with E-state index >= 15 is 0 Å². The van der Waals surface area contributed by atoms with E-state index in [2.05, 4.69) is 4.99 Å². The molecule has 148 valence electrons. The van der Waals surface area contributed by atoms with Crippen LogP contribution in [0.1, 0.15) is 16.7 Å². The average molecular weight is 399 g/mol. The number of amidine groups is 1. The van der Waals surface area contributed by atoms with Gasteiger partial charge in [0.1, 0.15) is 17.3 Å². The number of anilines is 1. The Morgan fingerprint density at radius 2 is 1.67 bits per heavy atom. The van der Waals surface area contributed by atoms with E-state index in [4.69, 9.17) is 0 Å². The van der Waals surface area contributed by atoms with Gasteiger partial charge in [0.2, 0.25) is 0 Å². The van der Waals surface area contributed by atoms with Crippen molar-refractivity contribution in [2.24, 2.45) is 4.99 Å². The molecule has 0 radical (unpaired) electrons. The zero-order valence-electron chi connectivity index (χ0n) is 16.0. The summed E-state index contributed by atoms with van der Waals surface area (Å²) in [5, 5.41) is 20.9. The molecule has 0 fully saturated rings. The Kier molecular flexibility index (Phi) is 4.85. The van der Waals surface area contributed by atoms with Gasteiger partial charge in [0.25, 0.3) is 11.6 Å². The molecule has 7 nitrogen and oxygen atoms in total. The van der Waals surface area contributed by atoms with E-state index in [1.54, 1.807) is 30.3 Å². The maximum Gasteiger partial charge on any atom is 0.282 e. The van der Waals surface area contributed by atoms with Gasteiger partial charge in [-0.05, 0) is 43.3 Å². The highest BCUT2D eigenvalue weighted by molar-refractivity contribution is 6.33. The number of nitro groups is 1. The summed E-state index contributed by atoms with van der Waals surface area (Å²) in [5.41, 5.74) is 2.61. The lowest BCUT2D eigenvalue weighted by Crippen LogP contribution is -2.32. The largest absolute Gasteiger partial charge is 0.508 e. The Morgan fingerprint density at radius 1 is 1.00 bits per heavy atom. The van der Waals surface area contributed by atoms with E-state index in [0.717, 1.165) is 11.1 Å². The van der Waals surface area contributed by atoms with Crippen LogP contribution in [0.2, 0.25) is 0 Å². The first-order valence-electron chi connectivity index (χ1n) is 9.18. The number of hydrogen-bond acceptors (Lipinski definition) is 5. The number of para-hydroxylation sites is 1. The molecule has 1 heterocycles. The van der Waals surface area contributed by atoms with Crippen LogP contribution in [0.3, 0.4) is 0 Å². The zero-order valence-corrected chi connectivity index (χ0v) is 16.0. The van der Waals surface area contributed by atoms with Crippen molar-refractivity contribution in [3.05, 3.63) is 105 Å². The first-order valence-corrected chi connectivity index (χ1v) is 9.18. The van der Waals surface area contributed by atoms with Gasteiger partial charge in [-0.2, -0.15) is 0 Å². The van der Waals surface area contributed by atoms with Crippen LogP contribution < -0.4 is 4.90 Å². The van der Waals surface area contributed by atoms with Gasteiger partial charge in [0.05, 0.1) is 16.2 Å². The Bertz CT molecular complexity index is 1200. The molecule has 1 N–H and O–H groups in total. The number of hydrogen-bond donors (Lipinski definition) is 1. The summed E-state index contributed by atoms with van der Waals surface area (Å²) in [5.74, 6) is 0.0832. The number of aliphatic imine (C=N–C) groups is 1. The molecule has 1 aliphatic rings. The van der Waals surface area contributed by atoms with Gasteiger partial charge in [0.15, 0.2) is 0 Å². The average Bonchev–Trinajstić information content (AvgIpc) is 3.05. The number of nitrogens with zero attached hydrogens (tertiary/aromatic N) is 3. The highest BCUT2D eigenvalue weighted by Gasteiger charge is 2.33. The number of benzene rings is 3. The van der Waals surface area contributed by atoms with Crippen LogP contribution in [-0.2, 0) is 4.79 Å². The molecular formula is C23H17N3O4. The molecule has 0 spiro atoms. The fourth-order valence-electron chi connectivity index (χ4n) is 3.18. The third kappa shape index (κ3) is 3.56. The van der Waals surface area contributed by atoms with E-state index in [-0.39, 0.29) is 17.1 Å². The minimum absolute atomic E-state index is 0.0786. The second-order valence-electron chi connectivity index (χ2n) is 6.80. The Morgan fingerprint density at radius 3 is 2.33 bits per heavy atom. The summed E-state index contributed by atoms with van der Waals surface area (Å²) < 4.78 is 0. The molecule has 0 saturated heterocycles.